The van der Waals surface area contributed by atoms with Crippen LogP contribution < -0.4 is 29.6 Å². The zero-order valence-corrected chi connectivity index (χ0v) is 23.1. The van der Waals surface area contributed by atoms with Gasteiger partial charge < -0.3 is 29.6 Å². The predicted molar refractivity (Wildman–Crippen MR) is 155 cm³/mol. The van der Waals surface area contributed by atoms with Crippen LogP contribution in [0.1, 0.15) is 40.0 Å². The van der Waals surface area contributed by atoms with Gasteiger partial charge in [-0.05, 0) is 61.9 Å². The number of hydrogen-bond donors (Lipinski definition) is 2. The Morgan fingerprint density at radius 3 is 2.33 bits per heavy atom. The average molecular weight is 541 g/mol. The topological polar surface area (TPSA) is 95.9 Å². The van der Waals surface area contributed by atoms with Crippen LogP contribution >= 0.6 is 0 Å². The van der Waals surface area contributed by atoms with Crippen molar-refractivity contribution in [1.82, 2.24) is 9.78 Å². The highest BCUT2D eigenvalue weighted by atomic mass is 16.5. The third-order valence-corrected chi connectivity index (χ3v) is 6.72. The molecule has 0 spiro atoms. The first-order chi connectivity index (χ1) is 19.5. The lowest BCUT2D eigenvalue weighted by atomic mass is 9.99. The molecule has 9 heteroatoms. The van der Waals surface area contributed by atoms with Gasteiger partial charge in [0.1, 0.15) is 23.2 Å². The zero-order chi connectivity index (χ0) is 28.2. The average Bonchev–Trinajstić information content (AvgIpc) is 3.41. The molecule has 3 aromatic carbocycles. The highest BCUT2D eigenvalue weighted by Gasteiger charge is 2.31. The van der Waals surface area contributed by atoms with E-state index in [4.69, 9.17) is 18.9 Å². The summed E-state index contributed by atoms with van der Waals surface area (Å²) in [6, 6.07) is 18.8. The van der Waals surface area contributed by atoms with E-state index in [9.17, 15) is 4.79 Å². The number of rotatable bonds is 9. The molecule has 4 aromatic rings. The van der Waals surface area contributed by atoms with Crippen LogP contribution in [0.5, 0.6) is 23.0 Å². The summed E-state index contributed by atoms with van der Waals surface area (Å²) in [5.41, 5.74) is 4.81. The summed E-state index contributed by atoms with van der Waals surface area (Å²) < 4.78 is 24.2. The molecule has 206 valence electrons. The second kappa shape index (κ2) is 11.4. The highest BCUT2D eigenvalue weighted by molar-refractivity contribution is 6.08. The van der Waals surface area contributed by atoms with Crippen molar-refractivity contribution >= 4 is 23.1 Å². The molecule has 5 rings (SSSR count). The van der Waals surface area contributed by atoms with Crippen molar-refractivity contribution in [2.24, 2.45) is 0 Å². The molecule has 9 nitrogen and oxygen atoms in total. The second-order valence-electron chi connectivity index (χ2n) is 9.20. The van der Waals surface area contributed by atoms with Crippen molar-refractivity contribution in [3.05, 3.63) is 95.2 Å². The summed E-state index contributed by atoms with van der Waals surface area (Å²) in [4.78, 5) is 13.5. The number of anilines is 2. The van der Waals surface area contributed by atoms with E-state index in [2.05, 4.69) is 33.9 Å². The van der Waals surface area contributed by atoms with Crippen LogP contribution in [0.25, 0.3) is 5.70 Å². The van der Waals surface area contributed by atoms with Gasteiger partial charge in [0.25, 0.3) is 5.91 Å². The Kier molecular flexibility index (Phi) is 7.63. The van der Waals surface area contributed by atoms with Gasteiger partial charge in [-0.25, -0.2) is 4.68 Å². The fourth-order valence-corrected chi connectivity index (χ4v) is 4.74. The minimum Gasteiger partial charge on any atom is -0.494 e. The molecule has 1 aliphatic heterocycles. The molecule has 40 heavy (non-hydrogen) atoms. The van der Waals surface area contributed by atoms with Gasteiger partial charge in [0, 0.05) is 16.9 Å². The highest BCUT2D eigenvalue weighted by Crippen LogP contribution is 2.45. The summed E-state index contributed by atoms with van der Waals surface area (Å²) in [6.07, 6.45) is 3.63. The minimum absolute atomic E-state index is 0.291. The van der Waals surface area contributed by atoms with Crippen molar-refractivity contribution in [3.8, 4) is 23.0 Å². The number of aromatic nitrogens is 2. The number of carbonyl (C=O) groups excluding carboxylic acids is 1. The van der Waals surface area contributed by atoms with Gasteiger partial charge in [0.2, 0.25) is 5.75 Å². The maximum absolute atomic E-state index is 13.5. The Morgan fingerprint density at radius 1 is 0.950 bits per heavy atom. The molecule has 0 bridgehead atoms. The van der Waals surface area contributed by atoms with Gasteiger partial charge in [0.15, 0.2) is 11.5 Å². The maximum atomic E-state index is 13.5. The molecule has 0 unspecified atom stereocenters. The summed E-state index contributed by atoms with van der Waals surface area (Å²) in [5, 5.41) is 11.0. The van der Waals surface area contributed by atoms with Crippen molar-refractivity contribution in [2.75, 3.05) is 38.6 Å². The Morgan fingerprint density at radius 2 is 1.68 bits per heavy atom. The van der Waals surface area contributed by atoms with Crippen molar-refractivity contribution < 1.29 is 23.7 Å². The summed E-state index contributed by atoms with van der Waals surface area (Å²) >= 11 is 0. The molecule has 1 aromatic heterocycles. The Balaban J connectivity index is 1.58. The minimum atomic E-state index is -0.408. The van der Waals surface area contributed by atoms with Crippen LogP contribution in [0.2, 0.25) is 0 Å². The van der Waals surface area contributed by atoms with Crippen molar-refractivity contribution in [2.45, 2.75) is 19.9 Å². The van der Waals surface area contributed by atoms with Gasteiger partial charge in [-0.2, -0.15) is 5.10 Å². The SMILES string of the molecule is CCOc1ccc(NC(=O)c2cnn3c2NC(c2ccc(C)cc2)=C[C@H]3c2ccc(OC)c(OC)c2OC)cc1. The number of carbonyl (C=O) groups is 1. The number of ether oxygens (including phenoxy) is 4. The van der Waals surface area contributed by atoms with Gasteiger partial charge >= 0.3 is 0 Å². The van der Waals surface area contributed by atoms with Crippen LogP contribution in [-0.4, -0.2) is 43.6 Å². The van der Waals surface area contributed by atoms with E-state index >= 15 is 0 Å². The number of allylic oxidation sites excluding steroid dienone is 1. The molecule has 2 heterocycles. The van der Waals surface area contributed by atoms with Gasteiger partial charge in [-0.3, -0.25) is 4.79 Å². The number of hydrogen-bond acceptors (Lipinski definition) is 7. The van der Waals surface area contributed by atoms with E-state index in [0.717, 1.165) is 28.1 Å². The molecule has 2 N–H and O–H groups in total. The van der Waals surface area contributed by atoms with E-state index in [1.165, 1.54) is 0 Å². The molecular formula is C31H32N4O5. The van der Waals surface area contributed by atoms with E-state index in [-0.39, 0.29) is 5.91 Å². The molecule has 0 saturated carbocycles. The number of fused-ring (bicyclic) bond motifs is 1. The zero-order valence-electron chi connectivity index (χ0n) is 23.1. The molecule has 0 saturated heterocycles. The molecule has 1 atom stereocenters. The lowest BCUT2D eigenvalue weighted by molar-refractivity contribution is 0.102. The number of nitrogens with one attached hydrogen (secondary N) is 2. The summed E-state index contributed by atoms with van der Waals surface area (Å²) in [6.45, 7) is 4.54. The maximum Gasteiger partial charge on any atom is 0.261 e. The van der Waals surface area contributed by atoms with Crippen molar-refractivity contribution in [1.29, 1.82) is 0 Å². The first-order valence-electron chi connectivity index (χ1n) is 12.9. The van der Waals surface area contributed by atoms with Gasteiger partial charge in [-0.1, -0.05) is 29.8 Å². The largest absolute Gasteiger partial charge is 0.494 e. The number of methoxy groups -OCH3 is 3. The monoisotopic (exact) mass is 540 g/mol. The lowest BCUT2D eigenvalue weighted by Gasteiger charge is -2.28. The predicted octanol–water partition coefficient (Wildman–Crippen LogP) is 5.92. The quantitative estimate of drug-likeness (QED) is 0.272. The third kappa shape index (κ3) is 5.05. The third-order valence-electron chi connectivity index (χ3n) is 6.72. The van der Waals surface area contributed by atoms with E-state index < -0.39 is 6.04 Å². The Hall–Kier alpha value is -4.92. The number of amides is 1. The fraction of sp³-hybridized carbons (Fsp3) is 0.226. The number of benzene rings is 3. The van der Waals surface area contributed by atoms with E-state index in [0.29, 0.717) is 40.9 Å². The van der Waals surface area contributed by atoms with Crippen LogP contribution in [0.4, 0.5) is 11.5 Å². The molecule has 0 radical (unpaired) electrons. The van der Waals surface area contributed by atoms with E-state index in [1.54, 1.807) is 44.3 Å². The first kappa shape index (κ1) is 26.7. The number of aryl methyl sites for hydroxylation is 1. The van der Waals surface area contributed by atoms with E-state index in [1.807, 2.05) is 50.2 Å². The normalized spacial score (nSPS) is 13.9. The van der Waals surface area contributed by atoms with Crippen molar-refractivity contribution in [3.63, 3.8) is 0 Å². The summed E-state index contributed by atoms with van der Waals surface area (Å²) in [7, 11) is 4.74. The number of nitrogens with zero attached hydrogens (tertiary/aromatic N) is 2. The van der Waals surface area contributed by atoms with Gasteiger partial charge in [0.05, 0.1) is 34.1 Å². The Bertz CT molecular complexity index is 1540. The molecule has 0 fully saturated rings. The molecule has 1 amide bonds. The standard InChI is InChI=1S/C31H32N4O5/c1-6-40-22-13-11-21(12-14-22)33-31(36)24-18-32-35-26(23-15-16-27(37-3)29(39-5)28(23)38-4)17-25(34-30(24)35)20-9-7-19(2)8-10-20/h7-18,26,34H,6H2,1-5H3,(H,33,36)/t26-/m0/s1. The summed E-state index contributed by atoms with van der Waals surface area (Å²) in [5.74, 6) is 2.56. The van der Waals surface area contributed by atoms with Crippen LogP contribution in [0.3, 0.4) is 0 Å². The van der Waals surface area contributed by atoms with Crippen LogP contribution in [0.15, 0.2) is 72.9 Å². The van der Waals surface area contributed by atoms with Gasteiger partial charge in [-0.15, -0.1) is 0 Å². The van der Waals surface area contributed by atoms with Crippen LogP contribution in [0, 0.1) is 6.92 Å². The second-order valence-corrected chi connectivity index (χ2v) is 9.20. The smallest absolute Gasteiger partial charge is 0.261 e. The first-order valence-corrected chi connectivity index (χ1v) is 12.9. The molecular weight excluding hydrogens is 508 g/mol. The molecule has 1 aliphatic rings. The fourth-order valence-electron chi connectivity index (χ4n) is 4.74. The van der Waals surface area contributed by atoms with Crippen LogP contribution in [-0.2, 0) is 0 Å². The lowest BCUT2D eigenvalue weighted by Crippen LogP contribution is -2.22. The Labute approximate surface area is 233 Å². The molecule has 0 aliphatic carbocycles.